The van der Waals surface area contributed by atoms with Crippen LogP contribution in [0.1, 0.15) is 32.6 Å². The fourth-order valence-corrected chi connectivity index (χ4v) is 1.60. The average molecular weight is 222 g/mol. The van der Waals surface area contributed by atoms with E-state index in [-0.39, 0.29) is 6.42 Å². The van der Waals surface area contributed by atoms with Crippen molar-refractivity contribution in [2.75, 3.05) is 6.54 Å². The highest BCUT2D eigenvalue weighted by Crippen LogP contribution is 2.21. The van der Waals surface area contributed by atoms with Crippen LogP contribution in [0.2, 0.25) is 0 Å². The second-order valence-corrected chi connectivity index (χ2v) is 3.87. The lowest BCUT2D eigenvalue weighted by Crippen LogP contribution is -2.36. The highest BCUT2D eigenvalue weighted by molar-refractivity contribution is 4.82. The molecule has 2 nitrogen and oxygen atoms in total. The summed E-state index contributed by atoms with van der Waals surface area (Å²) in [6.07, 6.45) is 0.658. The standard InChI is InChI=1S/C10H17F3N2/c1-9-5-4-8-15(9)14-7-3-2-6-10(11,12)13/h3,7,9,14H,2,4-6,8H2,1H3/b7-3+. The van der Waals surface area contributed by atoms with E-state index in [1.165, 1.54) is 6.08 Å². The van der Waals surface area contributed by atoms with Gasteiger partial charge in [-0.2, -0.15) is 13.2 Å². The molecule has 15 heavy (non-hydrogen) atoms. The molecule has 0 aliphatic carbocycles. The molecule has 0 amide bonds. The Morgan fingerprint density at radius 2 is 2.20 bits per heavy atom. The lowest BCUT2D eigenvalue weighted by atomic mass is 10.3. The van der Waals surface area contributed by atoms with E-state index >= 15 is 0 Å². The number of rotatable bonds is 4. The molecule has 0 radical (unpaired) electrons. The van der Waals surface area contributed by atoms with Gasteiger partial charge in [-0.1, -0.05) is 6.08 Å². The maximum atomic E-state index is 11.8. The molecular formula is C10H17F3N2. The summed E-state index contributed by atoms with van der Waals surface area (Å²) in [4.78, 5) is 0. The largest absolute Gasteiger partial charge is 0.389 e. The Morgan fingerprint density at radius 1 is 1.47 bits per heavy atom. The molecule has 0 bridgehead atoms. The summed E-state index contributed by atoms with van der Waals surface area (Å²) in [6, 6.07) is 0.470. The van der Waals surface area contributed by atoms with Crippen LogP contribution in [-0.2, 0) is 0 Å². The van der Waals surface area contributed by atoms with Gasteiger partial charge in [-0.25, -0.2) is 5.01 Å². The Bertz CT molecular complexity index is 213. The highest BCUT2D eigenvalue weighted by atomic mass is 19.4. The van der Waals surface area contributed by atoms with E-state index in [1.807, 2.05) is 5.01 Å². The number of allylic oxidation sites excluding steroid dienone is 1. The van der Waals surface area contributed by atoms with Gasteiger partial charge in [-0.05, 0) is 26.2 Å². The molecule has 0 spiro atoms. The van der Waals surface area contributed by atoms with E-state index in [0.29, 0.717) is 6.04 Å². The van der Waals surface area contributed by atoms with Crippen LogP contribution in [0.4, 0.5) is 13.2 Å². The summed E-state index contributed by atoms with van der Waals surface area (Å²) < 4.78 is 35.3. The van der Waals surface area contributed by atoms with E-state index in [9.17, 15) is 13.2 Å². The van der Waals surface area contributed by atoms with Gasteiger partial charge in [0.2, 0.25) is 0 Å². The minimum Gasteiger partial charge on any atom is -0.326 e. The molecule has 1 aliphatic heterocycles. The Labute approximate surface area is 88.1 Å². The number of alkyl halides is 3. The molecule has 1 heterocycles. The van der Waals surface area contributed by atoms with Gasteiger partial charge in [-0.15, -0.1) is 0 Å². The maximum absolute atomic E-state index is 11.8. The third kappa shape index (κ3) is 5.06. The Balaban J connectivity index is 2.11. The first-order chi connectivity index (χ1) is 6.99. The maximum Gasteiger partial charge on any atom is 0.389 e. The number of hydrogen-bond donors (Lipinski definition) is 1. The van der Waals surface area contributed by atoms with E-state index in [2.05, 4.69) is 12.3 Å². The Kier molecular flexibility index (Phi) is 4.45. The summed E-state index contributed by atoms with van der Waals surface area (Å²) in [6.45, 7) is 3.06. The van der Waals surface area contributed by atoms with E-state index < -0.39 is 12.6 Å². The van der Waals surface area contributed by atoms with Crippen molar-refractivity contribution in [1.29, 1.82) is 0 Å². The van der Waals surface area contributed by atoms with Crippen LogP contribution in [0.3, 0.4) is 0 Å². The van der Waals surface area contributed by atoms with Crippen molar-refractivity contribution < 1.29 is 13.2 Å². The Morgan fingerprint density at radius 3 is 2.73 bits per heavy atom. The second-order valence-electron chi connectivity index (χ2n) is 3.87. The second kappa shape index (κ2) is 5.39. The lowest BCUT2D eigenvalue weighted by molar-refractivity contribution is -0.133. The van der Waals surface area contributed by atoms with Crippen LogP contribution >= 0.6 is 0 Å². The molecule has 5 heteroatoms. The number of hydrazine groups is 1. The van der Waals surface area contributed by atoms with Crippen LogP contribution in [0.25, 0.3) is 0 Å². The predicted octanol–water partition coefficient (Wildman–Crippen LogP) is 2.83. The van der Waals surface area contributed by atoms with Gasteiger partial charge >= 0.3 is 6.18 Å². The molecule has 1 aliphatic rings. The molecule has 1 saturated heterocycles. The molecule has 0 aromatic heterocycles. The van der Waals surface area contributed by atoms with Gasteiger partial charge in [0.25, 0.3) is 0 Å². The summed E-state index contributed by atoms with van der Waals surface area (Å²) in [7, 11) is 0. The average Bonchev–Trinajstić information content (AvgIpc) is 2.49. The third-order valence-electron chi connectivity index (χ3n) is 2.51. The highest BCUT2D eigenvalue weighted by Gasteiger charge is 2.25. The monoisotopic (exact) mass is 222 g/mol. The van der Waals surface area contributed by atoms with E-state index in [1.54, 1.807) is 6.20 Å². The van der Waals surface area contributed by atoms with Crippen LogP contribution in [0.15, 0.2) is 12.3 Å². The molecule has 1 N–H and O–H groups in total. The SMILES string of the molecule is CC1CCCN1N/C=C/CCC(F)(F)F. The first-order valence-corrected chi connectivity index (χ1v) is 5.23. The molecule has 0 saturated carbocycles. The van der Waals surface area contributed by atoms with Gasteiger partial charge in [0.1, 0.15) is 0 Å². The third-order valence-corrected chi connectivity index (χ3v) is 2.51. The van der Waals surface area contributed by atoms with Crippen LogP contribution in [-0.4, -0.2) is 23.8 Å². The minimum atomic E-state index is -4.05. The Hall–Kier alpha value is -0.710. The van der Waals surface area contributed by atoms with Gasteiger partial charge in [0.05, 0.1) is 0 Å². The summed E-state index contributed by atoms with van der Waals surface area (Å²) in [5, 5.41) is 2.05. The van der Waals surface area contributed by atoms with Crippen molar-refractivity contribution >= 4 is 0 Å². The fourth-order valence-electron chi connectivity index (χ4n) is 1.60. The molecule has 1 unspecified atom stereocenters. The van der Waals surface area contributed by atoms with Crippen molar-refractivity contribution in [3.63, 3.8) is 0 Å². The zero-order valence-corrected chi connectivity index (χ0v) is 8.85. The smallest absolute Gasteiger partial charge is 0.326 e. The first-order valence-electron chi connectivity index (χ1n) is 5.23. The summed E-state index contributed by atoms with van der Waals surface area (Å²) >= 11 is 0. The molecule has 0 aromatic rings. The van der Waals surface area contributed by atoms with Crippen molar-refractivity contribution in [3.05, 3.63) is 12.3 Å². The van der Waals surface area contributed by atoms with Crippen LogP contribution in [0.5, 0.6) is 0 Å². The van der Waals surface area contributed by atoms with Crippen molar-refractivity contribution in [2.45, 2.75) is 44.8 Å². The minimum absolute atomic E-state index is 0.0404. The summed E-state index contributed by atoms with van der Waals surface area (Å²) in [5.74, 6) is 0. The fraction of sp³-hybridized carbons (Fsp3) is 0.800. The zero-order valence-electron chi connectivity index (χ0n) is 8.85. The van der Waals surface area contributed by atoms with E-state index in [0.717, 1.165) is 19.4 Å². The van der Waals surface area contributed by atoms with Gasteiger partial charge in [-0.3, -0.25) is 0 Å². The zero-order chi connectivity index (χ0) is 11.3. The van der Waals surface area contributed by atoms with Crippen LogP contribution < -0.4 is 5.43 Å². The molecule has 0 aromatic carbocycles. The van der Waals surface area contributed by atoms with Gasteiger partial charge in [0, 0.05) is 25.2 Å². The molecular weight excluding hydrogens is 205 g/mol. The molecule has 88 valence electrons. The predicted molar refractivity (Wildman–Crippen MR) is 53.0 cm³/mol. The van der Waals surface area contributed by atoms with Crippen LogP contribution in [0, 0.1) is 0 Å². The molecule has 1 rings (SSSR count). The van der Waals surface area contributed by atoms with Gasteiger partial charge in [0.15, 0.2) is 0 Å². The van der Waals surface area contributed by atoms with Crippen molar-refractivity contribution in [3.8, 4) is 0 Å². The number of nitrogens with one attached hydrogen (secondary N) is 1. The van der Waals surface area contributed by atoms with Crippen molar-refractivity contribution in [2.24, 2.45) is 0 Å². The topological polar surface area (TPSA) is 15.3 Å². The van der Waals surface area contributed by atoms with Crippen molar-refractivity contribution in [1.82, 2.24) is 10.4 Å². The number of halogens is 3. The first kappa shape index (κ1) is 12.4. The molecule has 1 atom stereocenters. The van der Waals surface area contributed by atoms with Gasteiger partial charge < -0.3 is 5.43 Å². The number of hydrogen-bond acceptors (Lipinski definition) is 2. The lowest BCUT2D eigenvalue weighted by Gasteiger charge is -2.20. The molecule has 1 fully saturated rings. The number of nitrogens with zero attached hydrogens (tertiary/aromatic N) is 1. The quantitative estimate of drug-likeness (QED) is 0.786. The summed E-state index contributed by atoms with van der Waals surface area (Å²) in [5.41, 5.74) is 3.00. The van der Waals surface area contributed by atoms with E-state index in [4.69, 9.17) is 0 Å². The normalized spacial score (nSPS) is 23.9.